The van der Waals surface area contributed by atoms with Crippen molar-refractivity contribution < 1.29 is 0 Å². The zero-order valence-corrected chi connectivity index (χ0v) is 11.0. The molecule has 0 saturated carbocycles. The van der Waals surface area contributed by atoms with E-state index in [9.17, 15) is 0 Å². The molecule has 0 amide bonds. The first-order chi connectivity index (χ1) is 8.83. The van der Waals surface area contributed by atoms with E-state index in [1.54, 1.807) is 0 Å². The summed E-state index contributed by atoms with van der Waals surface area (Å²) in [5, 5.41) is 4.15. The second-order valence-electron chi connectivity index (χ2n) is 4.89. The lowest BCUT2D eigenvalue weighted by Crippen LogP contribution is -2.28. The average Bonchev–Trinajstić information content (AvgIpc) is 2.87. The summed E-state index contributed by atoms with van der Waals surface area (Å²) in [4.78, 5) is 3.14. The van der Waals surface area contributed by atoms with Gasteiger partial charge in [-0.1, -0.05) is 35.9 Å². The minimum atomic E-state index is 0.667. The van der Waals surface area contributed by atoms with Crippen molar-refractivity contribution in [1.29, 1.82) is 0 Å². The second-order valence-corrected chi connectivity index (χ2v) is 5.29. The maximum Gasteiger partial charge on any atom is 0.106 e. The van der Waals surface area contributed by atoms with Crippen LogP contribution in [0.4, 0.5) is 0 Å². The van der Waals surface area contributed by atoms with Crippen molar-refractivity contribution in [2.24, 2.45) is 0 Å². The van der Waals surface area contributed by atoms with Crippen LogP contribution < -0.4 is 5.32 Å². The van der Waals surface area contributed by atoms with Crippen molar-refractivity contribution in [3.63, 3.8) is 0 Å². The number of H-pyrrole nitrogens is 1. The Balaban J connectivity index is 1.80. The molecule has 1 aromatic carbocycles. The zero-order valence-electron chi connectivity index (χ0n) is 10.2. The SMILES string of the molecule is Clc1ccc(-c2ccc([C@H]3CCCNC3)cc2)[nH]1. The molecule has 2 heterocycles. The molecule has 0 spiro atoms. The topological polar surface area (TPSA) is 27.8 Å². The third-order valence-electron chi connectivity index (χ3n) is 3.64. The van der Waals surface area contributed by atoms with Crippen LogP contribution in [0.5, 0.6) is 0 Å². The summed E-state index contributed by atoms with van der Waals surface area (Å²) in [6.45, 7) is 2.27. The third-order valence-corrected chi connectivity index (χ3v) is 3.86. The number of halogens is 1. The first-order valence-electron chi connectivity index (χ1n) is 6.48. The van der Waals surface area contributed by atoms with Crippen LogP contribution in [0.1, 0.15) is 24.3 Å². The van der Waals surface area contributed by atoms with Crippen molar-refractivity contribution in [2.75, 3.05) is 13.1 Å². The van der Waals surface area contributed by atoms with E-state index >= 15 is 0 Å². The highest BCUT2D eigenvalue weighted by Crippen LogP contribution is 2.26. The third kappa shape index (κ3) is 2.45. The number of hydrogen-bond acceptors (Lipinski definition) is 1. The maximum absolute atomic E-state index is 5.90. The van der Waals surface area contributed by atoms with Crippen LogP contribution in [0.25, 0.3) is 11.3 Å². The molecule has 0 aliphatic carbocycles. The summed E-state index contributed by atoms with van der Waals surface area (Å²) in [6.07, 6.45) is 2.57. The number of hydrogen-bond donors (Lipinski definition) is 2. The quantitative estimate of drug-likeness (QED) is 0.845. The Morgan fingerprint density at radius 2 is 1.89 bits per heavy atom. The van der Waals surface area contributed by atoms with Crippen molar-refractivity contribution in [3.05, 3.63) is 47.1 Å². The number of benzene rings is 1. The van der Waals surface area contributed by atoms with Gasteiger partial charge in [-0.25, -0.2) is 0 Å². The van der Waals surface area contributed by atoms with Gasteiger partial charge in [0.2, 0.25) is 0 Å². The van der Waals surface area contributed by atoms with E-state index < -0.39 is 0 Å². The zero-order chi connectivity index (χ0) is 12.4. The second kappa shape index (κ2) is 5.17. The summed E-state index contributed by atoms with van der Waals surface area (Å²) in [5.41, 5.74) is 3.70. The Morgan fingerprint density at radius 1 is 1.06 bits per heavy atom. The summed E-state index contributed by atoms with van der Waals surface area (Å²) in [5.74, 6) is 0.667. The Morgan fingerprint density at radius 3 is 2.50 bits per heavy atom. The number of nitrogens with one attached hydrogen (secondary N) is 2. The van der Waals surface area contributed by atoms with Crippen molar-refractivity contribution in [2.45, 2.75) is 18.8 Å². The number of aromatic amines is 1. The van der Waals surface area contributed by atoms with Crippen molar-refractivity contribution in [3.8, 4) is 11.3 Å². The molecule has 0 radical (unpaired) electrons. The first-order valence-corrected chi connectivity index (χ1v) is 6.86. The Bertz CT molecular complexity index is 510. The highest BCUT2D eigenvalue weighted by Gasteiger charge is 2.14. The van der Waals surface area contributed by atoms with Gasteiger partial charge in [0.05, 0.1) is 0 Å². The van der Waals surface area contributed by atoms with Crippen LogP contribution >= 0.6 is 11.6 Å². The van der Waals surface area contributed by atoms with Gasteiger partial charge in [-0.05, 0) is 48.6 Å². The Labute approximate surface area is 112 Å². The molecule has 2 aromatic rings. The van der Waals surface area contributed by atoms with Gasteiger partial charge < -0.3 is 10.3 Å². The van der Waals surface area contributed by atoms with Gasteiger partial charge in [0.15, 0.2) is 0 Å². The number of rotatable bonds is 2. The minimum Gasteiger partial charge on any atom is -0.346 e. The predicted octanol–water partition coefficient (Wildman–Crippen LogP) is 3.80. The largest absolute Gasteiger partial charge is 0.346 e. The van der Waals surface area contributed by atoms with Gasteiger partial charge in [0.1, 0.15) is 5.15 Å². The van der Waals surface area contributed by atoms with E-state index in [1.165, 1.54) is 24.0 Å². The standard InChI is InChI=1S/C15H17ClN2/c16-15-8-7-14(18-15)12-5-3-11(4-6-12)13-2-1-9-17-10-13/h3-8,13,17-18H,1-2,9-10H2/t13-/m0/s1. The minimum absolute atomic E-state index is 0.667. The van der Waals surface area contributed by atoms with Gasteiger partial charge in [0.25, 0.3) is 0 Å². The monoisotopic (exact) mass is 260 g/mol. The highest BCUT2D eigenvalue weighted by atomic mass is 35.5. The lowest BCUT2D eigenvalue weighted by molar-refractivity contribution is 0.461. The fraction of sp³-hybridized carbons (Fsp3) is 0.333. The van der Waals surface area contributed by atoms with E-state index in [0.717, 1.165) is 18.8 Å². The molecule has 94 valence electrons. The van der Waals surface area contributed by atoms with Gasteiger partial charge in [-0.15, -0.1) is 0 Å². The molecule has 18 heavy (non-hydrogen) atoms. The molecule has 1 atom stereocenters. The fourth-order valence-electron chi connectivity index (χ4n) is 2.61. The average molecular weight is 261 g/mol. The molecular weight excluding hydrogens is 244 g/mol. The number of aromatic nitrogens is 1. The highest BCUT2D eigenvalue weighted by molar-refractivity contribution is 6.29. The summed E-state index contributed by atoms with van der Waals surface area (Å²) < 4.78 is 0. The van der Waals surface area contributed by atoms with E-state index in [4.69, 9.17) is 11.6 Å². The molecule has 0 unspecified atom stereocenters. The van der Waals surface area contributed by atoms with Crippen LogP contribution in [-0.4, -0.2) is 18.1 Å². The van der Waals surface area contributed by atoms with Crippen molar-refractivity contribution >= 4 is 11.6 Å². The van der Waals surface area contributed by atoms with E-state index in [0.29, 0.717) is 11.1 Å². The van der Waals surface area contributed by atoms with Crippen LogP contribution in [0.15, 0.2) is 36.4 Å². The van der Waals surface area contributed by atoms with Crippen LogP contribution in [0, 0.1) is 0 Å². The molecule has 1 aromatic heterocycles. The lowest BCUT2D eigenvalue weighted by Gasteiger charge is -2.23. The molecule has 3 heteroatoms. The Kier molecular flexibility index (Phi) is 3.39. The summed E-state index contributed by atoms with van der Waals surface area (Å²) in [6, 6.07) is 12.7. The van der Waals surface area contributed by atoms with Crippen LogP contribution in [-0.2, 0) is 0 Å². The van der Waals surface area contributed by atoms with Gasteiger partial charge in [-0.3, -0.25) is 0 Å². The maximum atomic E-state index is 5.90. The molecule has 3 rings (SSSR count). The first kappa shape index (κ1) is 11.8. The van der Waals surface area contributed by atoms with E-state index in [2.05, 4.69) is 34.6 Å². The van der Waals surface area contributed by atoms with Crippen LogP contribution in [0.2, 0.25) is 5.15 Å². The van der Waals surface area contributed by atoms with E-state index in [-0.39, 0.29) is 0 Å². The summed E-state index contributed by atoms with van der Waals surface area (Å²) >= 11 is 5.90. The molecule has 2 nitrogen and oxygen atoms in total. The van der Waals surface area contributed by atoms with Gasteiger partial charge >= 0.3 is 0 Å². The van der Waals surface area contributed by atoms with Crippen molar-refractivity contribution in [1.82, 2.24) is 10.3 Å². The van der Waals surface area contributed by atoms with E-state index in [1.807, 2.05) is 12.1 Å². The van der Waals surface area contributed by atoms with Gasteiger partial charge in [-0.2, -0.15) is 0 Å². The normalized spacial score (nSPS) is 19.9. The summed E-state index contributed by atoms with van der Waals surface area (Å²) in [7, 11) is 0. The fourth-order valence-corrected chi connectivity index (χ4v) is 2.77. The predicted molar refractivity (Wildman–Crippen MR) is 76.1 cm³/mol. The molecule has 1 fully saturated rings. The molecule has 1 saturated heterocycles. The smallest absolute Gasteiger partial charge is 0.106 e. The molecule has 2 N–H and O–H groups in total. The number of piperidine rings is 1. The molecule has 1 aliphatic heterocycles. The molecular formula is C15H17ClN2. The van der Waals surface area contributed by atoms with Crippen LogP contribution in [0.3, 0.4) is 0 Å². The lowest BCUT2D eigenvalue weighted by atomic mass is 9.91. The molecule has 0 bridgehead atoms. The molecule has 1 aliphatic rings. The Hall–Kier alpha value is -1.25. The van der Waals surface area contributed by atoms with Gasteiger partial charge in [0, 0.05) is 12.2 Å².